The molecule has 1 aliphatic rings. The van der Waals surface area contributed by atoms with Crippen molar-refractivity contribution >= 4 is 68.0 Å². The number of hydrogen-bond donors (Lipinski definition) is 0. The van der Waals surface area contributed by atoms with Gasteiger partial charge in [0.05, 0.1) is 16.8 Å². The van der Waals surface area contributed by atoms with E-state index in [4.69, 9.17) is 9.40 Å². The van der Waals surface area contributed by atoms with E-state index >= 15 is 4.39 Å². The standard InChI is InChI=1S/C47H32FN3OSi/c48-46(33-15-13-14-32(30-33)38-21-9-11-28-49-38)34-24-26-42-39(31-34)51(44-23-10-12-29-50-44)47-43(27-25-41-45(47)37-20-7-8-22-40(37)52-41)53(42,35-16-3-1-4-17-35)36-18-5-2-6-19-36/h1-31,46H. The maximum absolute atomic E-state index is 17.2. The zero-order chi connectivity index (χ0) is 35.4. The summed E-state index contributed by atoms with van der Waals surface area (Å²) in [4.78, 5) is 11.7. The summed E-state index contributed by atoms with van der Waals surface area (Å²) in [6.45, 7) is 0. The Morgan fingerprint density at radius 3 is 1.96 bits per heavy atom. The van der Waals surface area contributed by atoms with Crippen LogP contribution in [0, 0.1) is 0 Å². The van der Waals surface area contributed by atoms with Crippen molar-refractivity contribution in [2.24, 2.45) is 0 Å². The number of fused-ring (bicyclic) bond motifs is 6. The van der Waals surface area contributed by atoms with E-state index in [1.165, 1.54) is 20.7 Å². The van der Waals surface area contributed by atoms with Crippen molar-refractivity contribution in [1.82, 2.24) is 9.97 Å². The van der Waals surface area contributed by atoms with E-state index in [1.807, 2.05) is 85.1 Å². The number of alkyl halides is 1. The number of halogens is 1. The van der Waals surface area contributed by atoms with Gasteiger partial charge in [0.1, 0.15) is 17.0 Å². The van der Waals surface area contributed by atoms with Gasteiger partial charge >= 0.3 is 0 Å². The number of nitrogens with zero attached hydrogens (tertiary/aromatic N) is 3. The molecule has 6 heteroatoms. The second-order valence-electron chi connectivity index (χ2n) is 13.4. The Morgan fingerprint density at radius 2 is 1.23 bits per heavy atom. The molecule has 0 saturated heterocycles. The molecule has 0 bridgehead atoms. The zero-order valence-corrected chi connectivity index (χ0v) is 29.6. The molecule has 1 aliphatic heterocycles. The molecule has 0 amide bonds. The quantitative estimate of drug-likeness (QED) is 0.162. The summed E-state index contributed by atoms with van der Waals surface area (Å²) in [5.74, 6) is 0.751. The molecule has 3 aromatic heterocycles. The van der Waals surface area contributed by atoms with Gasteiger partial charge < -0.3 is 4.42 Å². The second-order valence-corrected chi connectivity index (χ2v) is 17.2. The third-order valence-electron chi connectivity index (χ3n) is 10.5. The molecule has 0 N–H and O–H groups in total. The van der Waals surface area contributed by atoms with Crippen molar-refractivity contribution in [2.75, 3.05) is 4.90 Å². The smallest absolute Gasteiger partial charge is 0.184 e. The number of aromatic nitrogens is 2. The summed E-state index contributed by atoms with van der Waals surface area (Å²) in [5.41, 5.74) is 6.37. The lowest BCUT2D eigenvalue weighted by atomic mass is 9.98. The van der Waals surface area contributed by atoms with E-state index < -0.39 is 14.2 Å². The highest BCUT2D eigenvalue weighted by Gasteiger charge is 2.50. The summed E-state index contributed by atoms with van der Waals surface area (Å²) in [6, 6.07) is 59.9. The largest absolute Gasteiger partial charge is 0.456 e. The number of benzene rings is 6. The maximum Gasteiger partial charge on any atom is 0.184 e. The molecule has 9 aromatic rings. The van der Waals surface area contributed by atoms with Gasteiger partial charge in [-0.05, 0) is 80.4 Å². The van der Waals surface area contributed by atoms with E-state index in [0.29, 0.717) is 11.1 Å². The fraction of sp³-hybridized carbons (Fsp3) is 0.0213. The first-order valence-electron chi connectivity index (χ1n) is 17.8. The van der Waals surface area contributed by atoms with Gasteiger partial charge in [0.25, 0.3) is 0 Å². The van der Waals surface area contributed by atoms with Crippen LogP contribution in [-0.4, -0.2) is 18.0 Å². The molecule has 4 nitrogen and oxygen atoms in total. The van der Waals surface area contributed by atoms with Crippen LogP contribution in [0.2, 0.25) is 0 Å². The van der Waals surface area contributed by atoms with Crippen LogP contribution in [0.3, 0.4) is 0 Å². The zero-order valence-electron chi connectivity index (χ0n) is 28.6. The molecule has 252 valence electrons. The Balaban J connectivity index is 1.31. The average molecular weight is 702 g/mol. The Labute approximate surface area is 307 Å². The van der Waals surface area contributed by atoms with Crippen LogP contribution in [0.15, 0.2) is 193 Å². The van der Waals surface area contributed by atoms with Gasteiger partial charge in [0.2, 0.25) is 0 Å². The Kier molecular flexibility index (Phi) is 7.37. The molecular weight excluding hydrogens is 670 g/mol. The van der Waals surface area contributed by atoms with Gasteiger partial charge in [-0.2, -0.15) is 0 Å². The number of rotatable bonds is 6. The number of hydrogen-bond acceptors (Lipinski definition) is 4. The van der Waals surface area contributed by atoms with Gasteiger partial charge in [0, 0.05) is 29.0 Å². The second kappa shape index (κ2) is 12.5. The molecule has 0 aliphatic carbocycles. The van der Waals surface area contributed by atoms with Crippen molar-refractivity contribution in [1.29, 1.82) is 0 Å². The fourth-order valence-corrected chi connectivity index (χ4v) is 13.4. The minimum atomic E-state index is -3.06. The molecule has 53 heavy (non-hydrogen) atoms. The lowest BCUT2D eigenvalue weighted by molar-refractivity contribution is 0.402. The lowest BCUT2D eigenvalue weighted by Gasteiger charge is -2.45. The number of para-hydroxylation sites is 1. The van der Waals surface area contributed by atoms with Crippen LogP contribution in [0.25, 0.3) is 33.2 Å². The Bertz CT molecular complexity index is 2720. The number of pyridine rings is 2. The molecule has 6 aromatic carbocycles. The SMILES string of the molecule is FC(c1cccc(-c2ccccn2)c1)c1ccc2c(c1)N(c1ccccn1)c1c(ccc3oc4ccccc4c13)[Si]2(c1ccccc1)c1ccccc1. The van der Waals surface area contributed by atoms with Crippen LogP contribution in [0.1, 0.15) is 17.3 Å². The molecule has 1 atom stereocenters. The van der Waals surface area contributed by atoms with Crippen LogP contribution < -0.4 is 25.6 Å². The summed E-state index contributed by atoms with van der Waals surface area (Å²) < 4.78 is 23.7. The fourth-order valence-electron chi connectivity index (χ4n) is 8.28. The van der Waals surface area contributed by atoms with Crippen LogP contribution in [0.4, 0.5) is 21.6 Å². The highest BCUT2D eigenvalue weighted by molar-refractivity contribution is 7.21. The summed E-state index contributed by atoms with van der Waals surface area (Å²) in [7, 11) is -3.06. The molecule has 0 radical (unpaired) electrons. The molecule has 0 saturated carbocycles. The molecule has 10 rings (SSSR count). The Morgan fingerprint density at radius 1 is 0.547 bits per heavy atom. The van der Waals surface area contributed by atoms with Crippen molar-refractivity contribution in [2.45, 2.75) is 6.17 Å². The van der Waals surface area contributed by atoms with Crippen molar-refractivity contribution < 1.29 is 8.81 Å². The average Bonchev–Trinajstić information content (AvgIpc) is 3.63. The first kappa shape index (κ1) is 31.1. The highest BCUT2D eigenvalue weighted by atomic mass is 28.3. The summed E-state index contributed by atoms with van der Waals surface area (Å²) >= 11 is 0. The van der Waals surface area contributed by atoms with E-state index in [9.17, 15) is 0 Å². The van der Waals surface area contributed by atoms with Gasteiger partial charge in [-0.1, -0.05) is 127 Å². The molecule has 4 heterocycles. The number of furan rings is 1. The summed E-state index contributed by atoms with van der Waals surface area (Å²) in [5, 5.41) is 6.92. The molecule has 1 unspecified atom stereocenters. The third kappa shape index (κ3) is 4.87. The third-order valence-corrected chi connectivity index (χ3v) is 15.4. The van der Waals surface area contributed by atoms with Crippen molar-refractivity contribution in [3.63, 3.8) is 0 Å². The normalized spacial score (nSPS) is 13.8. The van der Waals surface area contributed by atoms with Gasteiger partial charge in [-0.25, -0.2) is 9.37 Å². The van der Waals surface area contributed by atoms with Gasteiger partial charge in [0.15, 0.2) is 14.2 Å². The lowest BCUT2D eigenvalue weighted by Crippen LogP contribution is -2.77. The van der Waals surface area contributed by atoms with Crippen LogP contribution in [-0.2, 0) is 0 Å². The highest BCUT2D eigenvalue weighted by Crippen LogP contribution is 2.45. The molecule has 0 fully saturated rings. The predicted molar refractivity (Wildman–Crippen MR) is 216 cm³/mol. The molecule has 0 spiro atoms. The maximum atomic E-state index is 17.2. The Hall–Kier alpha value is -6.63. The minimum Gasteiger partial charge on any atom is -0.456 e. The monoisotopic (exact) mass is 701 g/mol. The van der Waals surface area contributed by atoms with Crippen molar-refractivity contribution in [3.05, 3.63) is 199 Å². The van der Waals surface area contributed by atoms with E-state index in [2.05, 4.69) is 107 Å². The van der Waals surface area contributed by atoms with Crippen LogP contribution >= 0.6 is 0 Å². The molecular formula is C47H32FN3OSi. The van der Waals surface area contributed by atoms with Crippen LogP contribution in [0.5, 0.6) is 0 Å². The summed E-state index contributed by atoms with van der Waals surface area (Å²) in [6.07, 6.45) is 2.20. The van der Waals surface area contributed by atoms with E-state index in [-0.39, 0.29) is 0 Å². The number of anilines is 3. The van der Waals surface area contributed by atoms with E-state index in [1.54, 1.807) is 6.20 Å². The van der Waals surface area contributed by atoms with Gasteiger partial charge in [-0.15, -0.1) is 0 Å². The first-order valence-corrected chi connectivity index (χ1v) is 19.8. The van der Waals surface area contributed by atoms with Gasteiger partial charge in [-0.3, -0.25) is 9.88 Å². The predicted octanol–water partition coefficient (Wildman–Crippen LogP) is 9.26. The first-order chi connectivity index (χ1) is 26.2. The van der Waals surface area contributed by atoms with Crippen molar-refractivity contribution in [3.8, 4) is 11.3 Å². The van der Waals surface area contributed by atoms with E-state index in [0.717, 1.165) is 50.4 Å². The topological polar surface area (TPSA) is 42.2 Å². The minimum absolute atomic E-state index is 0.569.